The number of rotatable bonds is 3. The van der Waals surface area contributed by atoms with E-state index in [0.29, 0.717) is 22.4 Å². The molecule has 2 aromatic heterocycles. The molecule has 4 nitrogen and oxygen atoms in total. The third kappa shape index (κ3) is 3.51. The van der Waals surface area contributed by atoms with Gasteiger partial charge in [-0.25, -0.2) is 12.9 Å². The number of aromatic nitrogens is 2. The van der Waals surface area contributed by atoms with Crippen molar-refractivity contribution >= 4 is 15.4 Å². The smallest absolute Gasteiger partial charge is 0.239 e. The number of alkyl halides is 3. The highest BCUT2D eigenvalue weighted by atomic mass is 32.2. The van der Waals surface area contributed by atoms with Gasteiger partial charge in [0, 0.05) is 23.6 Å². The molecule has 0 unspecified atom stereocenters. The van der Waals surface area contributed by atoms with Crippen LogP contribution >= 0.6 is 0 Å². The van der Waals surface area contributed by atoms with Crippen molar-refractivity contribution in [3.8, 4) is 22.4 Å². The lowest BCUT2D eigenvalue weighted by molar-refractivity contribution is -0.136. The van der Waals surface area contributed by atoms with Crippen LogP contribution in [0.3, 0.4) is 0 Å². The molecule has 0 spiro atoms. The van der Waals surface area contributed by atoms with Gasteiger partial charge >= 0.3 is 6.18 Å². The monoisotopic (exact) mass is 416 g/mol. The summed E-state index contributed by atoms with van der Waals surface area (Å²) in [7, 11) is -3.43. The fourth-order valence-corrected chi connectivity index (χ4v) is 3.90. The van der Waals surface area contributed by atoms with Crippen LogP contribution in [0.4, 0.5) is 13.2 Å². The average Bonchev–Trinajstić information content (AvgIpc) is 3.07. The maximum atomic E-state index is 13.7. The molecule has 0 fully saturated rings. The Hall–Kier alpha value is -3.13. The van der Waals surface area contributed by atoms with Crippen LogP contribution in [0, 0.1) is 0 Å². The van der Waals surface area contributed by atoms with Gasteiger partial charge in [0.05, 0.1) is 16.0 Å². The molecule has 0 saturated carbocycles. The van der Waals surface area contributed by atoms with Crippen LogP contribution in [-0.4, -0.2) is 24.3 Å². The highest BCUT2D eigenvalue weighted by molar-refractivity contribution is 7.90. The van der Waals surface area contributed by atoms with Gasteiger partial charge in [0.1, 0.15) is 5.69 Å². The number of hydrogen-bond donors (Lipinski definition) is 0. The minimum absolute atomic E-state index is 0.0778. The molecule has 4 aromatic rings. The van der Waals surface area contributed by atoms with E-state index in [1.807, 2.05) is 0 Å². The summed E-state index contributed by atoms with van der Waals surface area (Å²) in [5.74, 6) is 0. The highest BCUT2D eigenvalue weighted by Crippen LogP contribution is 2.41. The zero-order valence-corrected chi connectivity index (χ0v) is 16.0. The summed E-state index contributed by atoms with van der Waals surface area (Å²) in [6, 6.07) is 17.0. The number of nitrogens with zero attached hydrogens (tertiary/aromatic N) is 2. The number of fused-ring (bicyclic) bond motifs is 1. The van der Waals surface area contributed by atoms with Gasteiger partial charge in [-0.05, 0) is 29.8 Å². The molecule has 148 valence electrons. The van der Waals surface area contributed by atoms with Crippen molar-refractivity contribution in [3.05, 3.63) is 78.5 Å². The Morgan fingerprint density at radius 2 is 1.52 bits per heavy atom. The number of halogens is 3. The molecule has 2 aromatic carbocycles. The quantitative estimate of drug-likeness (QED) is 0.467. The standard InChI is InChI=1S/C21H15F3N2O2S/c1-29(27,28)16-11-9-14(10-12-16)18-19(15-6-3-2-4-7-15)25-26-13-5-8-17(20(18)26)21(22,23)24/h2-13H,1H3. The lowest BCUT2D eigenvalue weighted by Gasteiger charge is -2.11. The molecule has 0 N–H and O–H groups in total. The van der Waals surface area contributed by atoms with E-state index in [1.54, 1.807) is 30.3 Å². The summed E-state index contributed by atoms with van der Waals surface area (Å²) in [6.45, 7) is 0. The molecule has 29 heavy (non-hydrogen) atoms. The lowest BCUT2D eigenvalue weighted by atomic mass is 9.98. The second-order valence-corrected chi connectivity index (χ2v) is 8.61. The maximum Gasteiger partial charge on any atom is 0.418 e. The second kappa shape index (κ2) is 6.73. The largest absolute Gasteiger partial charge is 0.418 e. The molecule has 0 aliphatic heterocycles. The molecule has 4 rings (SSSR count). The molecule has 0 aliphatic carbocycles. The van der Waals surface area contributed by atoms with Crippen LogP contribution in [0.25, 0.3) is 27.9 Å². The van der Waals surface area contributed by atoms with E-state index in [-0.39, 0.29) is 10.4 Å². The van der Waals surface area contributed by atoms with Crippen molar-refractivity contribution in [1.29, 1.82) is 0 Å². The van der Waals surface area contributed by atoms with Crippen LogP contribution in [-0.2, 0) is 16.0 Å². The predicted octanol–water partition coefficient (Wildman–Crippen LogP) is 5.09. The summed E-state index contributed by atoms with van der Waals surface area (Å²) >= 11 is 0. The molecule has 0 bridgehead atoms. The number of benzene rings is 2. The molecular weight excluding hydrogens is 401 g/mol. The van der Waals surface area contributed by atoms with Gasteiger partial charge in [-0.15, -0.1) is 0 Å². The Bertz CT molecular complexity index is 1290. The summed E-state index contributed by atoms with van der Waals surface area (Å²) in [5.41, 5.74) is 0.899. The van der Waals surface area contributed by atoms with Crippen LogP contribution in [0.15, 0.2) is 77.8 Å². The summed E-state index contributed by atoms with van der Waals surface area (Å²) in [4.78, 5) is 0.0926. The first-order chi connectivity index (χ1) is 13.7. The van der Waals surface area contributed by atoms with Crippen molar-refractivity contribution < 1.29 is 21.6 Å². The van der Waals surface area contributed by atoms with Crippen LogP contribution < -0.4 is 0 Å². The van der Waals surface area contributed by atoms with E-state index in [1.165, 1.54) is 41.0 Å². The normalized spacial score (nSPS) is 12.4. The van der Waals surface area contributed by atoms with E-state index in [2.05, 4.69) is 5.10 Å². The topological polar surface area (TPSA) is 51.4 Å². The van der Waals surface area contributed by atoms with Crippen molar-refractivity contribution in [3.63, 3.8) is 0 Å². The molecule has 0 atom stereocenters. The fraction of sp³-hybridized carbons (Fsp3) is 0.0952. The average molecular weight is 416 g/mol. The number of pyridine rings is 1. The summed E-state index contributed by atoms with van der Waals surface area (Å²) in [6.07, 6.45) is -2.03. The van der Waals surface area contributed by atoms with Crippen molar-refractivity contribution in [2.45, 2.75) is 11.1 Å². The van der Waals surface area contributed by atoms with Gasteiger partial charge in [0.2, 0.25) is 0 Å². The van der Waals surface area contributed by atoms with Crippen LogP contribution in [0.5, 0.6) is 0 Å². The lowest BCUT2D eigenvalue weighted by Crippen LogP contribution is -2.07. The van der Waals surface area contributed by atoms with Gasteiger partial charge in [0.15, 0.2) is 9.84 Å². The first-order valence-electron chi connectivity index (χ1n) is 8.61. The number of hydrogen-bond acceptors (Lipinski definition) is 3. The Labute approximate surface area is 165 Å². The van der Waals surface area contributed by atoms with E-state index in [9.17, 15) is 21.6 Å². The van der Waals surface area contributed by atoms with Gasteiger partial charge in [-0.2, -0.15) is 18.3 Å². The van der Waals surface area contributed by atoms with Gasteiger partial charge in [0.25, 0.3) is 0 Å². The second-order valence-electron chi connectivity index (χ2n) is 6.60. The summed E-state index contributed by atoms with van der Waals surface area (Å²) in [5, 5.41) is 4.40. The van der Waals surface area contributed by atoms with E-state index in [4.69, 9.17) is 0 Å². The third-order valence-electron chi connectivity index (χ3n) is 4.58. The molecule has 0 radical (unpaired) electrons. The predicted molar refractivity (Wildman–Crippen MR) is 104 cm³/mol. The molecule has 8 heteroatoms. The summed E-state index contributed by atoms with van der Waals surface area (Å²) < 4.78 is 65.9. The van der Waals surface area contributed by atoms with Crippen molar-refractivity contribution in [2.24, 2.45) is 0 Å². The Morgan fingerprint density at radius 3 is 2.10 bits per heavy atom. The Morgan fingerprint density at radius 1 is 0.862 bits per heavy atom. The third-order valence-corrected chi connectivity index (χ3v) is 5.71. The van der Waals surface area contributed by atoms with Gasteiger partial charge in [-0.3, -0.25) is 0 Å². The molecule has 2 heterocycles. The van der Waals surface area contributed by atoms with E-state index >= 15 is 0 Å². The first kappa shape index (κ1) is 19.2. The maximum absolute atomic E-state index is 13.7. The van der Waals surface area contributed by atoms with Crippen molar-refractivity contribution in [2.75, 3.05) is 6.26 Å². The zero-order valence-electron chi connectivity index (χ0n) is 15.2. The zero-order chi connectivity index (χ0) is 20.8. The van der Waals surface area contributed by atoms with Crippen molar-refractivity contribution in [1.82, 2.24) is 9.61 Å². The first-order valence-corrected chi connectivity index (χ1v) is 10.5. The molecule has 0 amide bonds. The van der Waals surface area contributed by atoms with Crippen LogP contribution in [0.2, 0.25) is 0 Å². The van der Waals surface area contributed by atoms with Crippen LogP contribution in [0.1, 0.15) is 5.56 Å². The van der Waals surface area contributed by atoms with E-state index < -0.39 is 21.6 Å². The van der Waals surface area contributed by atoms with E-state index in [0.717, 1.165) is 12.3 Å². The fourth-order valence-electron chi connectivity index (χ4n) is 3.27. The highest BCUT2D eigenvalue weighted by Gasteiger charge is 2.35. The minimum atomic E-state index is -4.57. The Balaban J connectivity index is 2.07. The van der Waals surface area contributed by atoms with Gasteiger partial charge in [-0.1, -0.05) is 42.5 Å². The van der Waals surface area contributed by atoms with Gasteiger partial charge < -0.3 is 0 Å². The molecule has 0 aliphatic rings. The SMILES string of the molecule is CS(=O)(=O)c1ccc(-c2c(-c3ccccc3)nn3cccc(C(F)(F)F)c23)cc1. The minimum Gasteiger partial charge on any atom is -0.239 e. The Kier molecular flexibility index (Phi) is 4.46. The molecular formula is C21H15F3N2O2S. The molecule has 0 saturated heterocycles. The number of sulfone groups is 1.